The third-order valence-electron chi connectivity index (χ3n) is 2.81. The second kappa shape index (κ2) is 6.65. The van der Waals surface area contributed by atoms with Crippen molar-refractivity contribution in [3.8, 4) is 6.07 Å². The highest BCUT2D eigenvalue weighted by atomic mass is 32.1. The highest BCUT2D eigenvalue weighted by molar-refractivity contribution is 7.10. The van der Waals surface area contributed by atoms with Gasteiger partial charge in [-0.05, 0) is 37.3 Å². The van der Waals surface area contributed by atoms with Crippen molar-refractivity contribution < 1.29 is 14.7 Å². The van der Waals surface area contributed by atoms with Gasteiger partial charge in [0.25, 0.3) is 5.91 Å². The Hall–Kier alpha value is -2.98. The van der Waals surface area contributed by atoms with Crippen LogP contribution in [0.3, 0.4) is 0 Å². The molecule has 6 nitrogen and oxygen atoms in total. The van der Waals surface area contributed by atoms with Crippen LogP contribution in [-0.4, -0.2) is 22.0 Å². The van der Waals surface area contributed by atoms with E-state index in [-0.39, 0.29) is 11.1 Å². The minimum absolute atomic E-state index is 0.0466. The number of thiazole rings is 1. The lowest BCUT2D eigenvalue weighted by molar-refractivity contribution is -0.112. The van der Waals surface area contributed by atoms with Gasteiger partial charge in [-0.3, -0.25) is 4.79 Å². The first kappa shape index (κ1) is 15.4. The number of aromatic nitrogens is 1. The highest BCUT2D eigenvalue weighted by Crippen LogP contribution is 2.17. The number of aryl methyl sites for hydroxylation is 1. The monoisotopic (exact) mass is 313 g/mol. The van der Waals surface area contributed by atoms with Crippen LogP contribution >= 0.6 is 11.3 Å². The number of benzene rings is 1. The molecular formula is C15H11N3O3S. The first-order valence-electron chi connectivity index (χ1n) is 6.18. The molecule has 0 aliphatic heterocycles. The number of carbonyl (C=O) groups excluding carboxylic acids is 1. The molecule has 1 heterocycles. The number of carboxylic acids is 1. The molecule has 0 spiro atoms. The molecule has 0 aliphatic carbocycles. The van der Waals surface area contributed by atoms with E-state index in [1.54, 1.807) is 12.4 Å². The van der Waals surface area contributed by atoms with Gasteiger partial charge in [-0.15, -0.1) is 11.3 Å². The first-order chi connectivity index (χ1) is 10.5. The van der Waals surface area contributed by atoms with Crippen LogP contribution in [0.2, 0.25) is 0 Å². The van der Waals surface area contributed by atoms with Crippen molar-refractivity contribution in [3.63, 3.8) is 0 Å². The molecule has 0 unspecified atom stereocenters. The maximum atomic E-state index is 12.1. The normalized spacial score (nSPS) is 10.8. The Morgan fingerprint density at radius 2 is 2.05 bits per heavy atom. The van der Waals surface area contributed by atoms with Crippen LogP contribution < -0.4 is 5.32 Å². The highest BCUT2D eigenvalue weighted by Gasteiger charge is 2.11. The summed E-state index contributed by atoms with van der Waals surface area (Å²) in [5.41, 5.74) is 2.87. The first-order valence-corrected chi connectivity index (χ1v) is 7.06. The van der Waals surface area contributed by atoms with E-state index in [4.69, 9.17) is 10.4 Å². The van der Waals surface area contributed by atoms with Gasteiger partial charge in [0.05, 0.1) is 21.6 Å². The molecule has 2 rings (SSSR count). The average Bonchev–Trinajstić information content (AvgIpc) is 2.90. The molecule has 0 aliphatic rings. The Morgan fingerprint density at radius 3 is 2.55 bits per heavy atom. The van der Waals surface area contributed by atoms with Crippen molar-refractivity contribution in [1.29, 1.82) is 5.26 Å². The fourth-order valence-corrected chi connectivity index (χ4v) is 2.36. The van der Waals surface area contributed by atoms with Gasteiger partial charge in [0.15, 0.2) is 0 Å². The van der Waals surface area contributed by atoms with E-state index in [0.29, 0.717) is 5.69 Å². The minimum atomic E-state index is -1.05. The topological polar surface area (TPSA) is 103 Å². The van der Waals surface area contributed by atoms with Crippen molar-refractivity contribution in [1.82, 2.24) is 4.98 Å². The molecule has 7 heteroatoms. The lowest BCUT2D eigenvalue weighted by atomic mass is 10.2. The molecule has 22 heavy (non-hydrogen) atoms. The Morgan fingerprint density at radius 1 is 1.36 bits per heavy atom. The summed E-state index contributed by atoms with van der Waals surface area (Å²) in [7, 11) is 0. The molecular weight excluding hydrogens is 302 g/mol. The largest absolute Gasteiger partial charge is 0.478 e. The SMILES string of the molecule is Cc1ncsc1/C=C(\C#N)C(=O)Nc1ccc(C(=O)O)cc1. The van der Waals surface area contributed by atoms with Crippen molar-refractivity contribution >= 4 is 35.0 Å². The zero-order valence-corrected chi connectivity index (χ0v) is 12.3. The molecule has 0 bridgehead atoms. The number of aromatic carboxylic acids is 1. The maximum absolute atomic E-state index is 12.1. The van der Waals surface area contributed by atoms with Gasteiger partial charge < -0.3 is 10.4 Å². The van der Waals surface area contributed by atoms with E-state index in [1.165, 1.54) is 41.7 Å². The summed E-state index contributed by atoms with van der Waals surface area (Å²) in [6, 6.07) is 7.54. The Kier molecular flexibility index (Phi) is 4.66. The minimum Gasteiger partial charge on any atom is -0.478 e. The van der Waals surface area contributed by atoms with Crippen molar-refractivity contribution in [3.05, 3.63) is 51.5 Å². The van der Waals surface area contributed by atoms with Crippen LogP contribution in [0.5, 0.6) is 0 Å². The number of nitrogens with one attached hydrogen (secondary N) is 1. The second-order valence-electron chi connectivity index (χ2n) is 4.31. The van der Waals surface area contributed by atoms with Gasteiger partial charge in [0.2, 0.25) is 0 Å². The number of rotatable bonds is 4. The average molecular weight is 313 g/mol. The number of hydrogen-bond donors (Lipinski definition) is 2. The van der Waals surface area contributed by atoms with Crippen LogP contribution in [0.15, 0.2) is 35.3 Å². The van der Waals surface area contributed by atoms with Gasteiger partial charge in [-0.2, -0.15) is 5.26 Å². The van der Waals surface area contributed by atoms with Crippen LogP contribution in [0.1, 0.15) is 20.9 Å². The fraction of sp³-hybridized carbons (Fsp3) is 0.0667. The molecule has 0 fully saturated rings. The molecule has 0 radical (unpaired) electrons. The molecule has 1 aromatic carbocycles. The Bertz CT molecular complexity index is 785. The van der Waals surface area contributed by atoms with Crippen LogP contribution in [0.4, 0.5) is 5.69 Å². The third-order valence-corrected chi connectivity index (χ3v) is 3.69. The van der Waals surface area contributed by atoms with E-state index in [2.05, 4.69) is 10.3 Å². The van der Waals surface area contributed by atoms with Crippen LogP contribution in [-0.2, 0) is 4.79 Å². The number of nitriles is 1. The van der Waals surface area contributed by atoms with Gasteiger partial charge in [0, 0.05) is 5.69 Å². The van der Waals surface area contributed by atoms with Crippen LogP contribution in [0, 0.1) is 18.3 Å². The lowest BCUT2D eigenvalue weighted by Gasteiger charge is -2.04. The number of anilines is 1. The molecule has 2 aromatic rings. The molecule has 0 saturated heterocycles. The number of amides is 1. The van der Waals surface area contributed by atoms with Crippen LogP contribution in [0.25, 0.3) is 6.08 Å². The lowest BCUT2D eigenvalue weighted by Crippen LogP contribution is -2.13. The summed E-state index contributed by atoms with van der Waals surface area (Å²) in [6.45, 7) is 1.79. The number of hydrogen-bond acceptors (Lipinski definition) is 5. The summed E-state index contributed by atoms with van der Waals surface area (Å²) < 4.78 is 0. The maximum Gasteiger partial charge on any atom is 0.335 e. The fourth-order valence-electron chi connectivity index (χ4n) is 1.62. The van der Waals surface area contributed by atoms with E-state index in [9.17, 15) is 9.59 Å². The van der Waals surface area contributed by atoms with E-state index >= 15 is 0 Å². The Balaban J connectivity index is 2.16. The quantitative estimate of drug-likeness (QED) is 0.667. The zero-order chi connectivity index (χ0) is 16.1. The molecule has 0 saturated carbocycles. The molecule has 2 N–H and O–H groups in total. The predicted molar refractivity (Wildman–Crippen MR) is 82.5 cm³/mol. The molecule has 0 atom stereocenters. The van der Waals surface area contributed by atoms with E-state index < -0.39 is 11.9 Å². The van der Waals surface area contributed by atoms with Gasteiger partial charge >= 0.3 is 5.97 Å². The van der Waals surface area contributed by atoms with Crippen molar-refractivity contribution in [2.45, 2.75) is 6.92 Å². The van der Waals surface area contributed by atoms with Gasteiger partial charge in [-0.1, -0.05) is 0 Å². The number of carboxylic acid groups (broad SMARTS) is 1. The smallest absolute Gasteiger partial charge is 0.335 e. The standard InChI is InChI=1S/C15H11N3O3S/c1-9-13(22-8-17-9)6-11(7-16)14(19)18-12-4-2-10(3-5-12)15(20)21/h2-6,8H,1H3,(H,18,19)(H,20,21)/b11-6+. The molecule has 110 valence electrons. The van der Waals surface area contributed by atoms with E-state index in [1.807, 2.05) is 6.07 Å². The van der Waals surface area contributed by atoms with Crippen molar-refractivity contribution in [2.75, 3.05) is 5.32 Å². The number of carbonyl (C=O) groups is 2. The summed E-state index contributed by atoms with van der Waals surface area (Å²) in [5.74, 6) is -1.60. The summed E-state index contributed by atoms with van der Waals surface area (Å²) >= 11 is 1.34. The van der Waals surface area contributed by atoms with Crippen molar-refractivity contribution in [2.24, 2.45) is 0 Å². The summed E-state index contributed by atoms with van der Waals surface area (Å²) in [4.78, 5) is 27.6. The van der Waals surface area contributed by atoms with E-state index in [0.717, 1.165) is 10.6 Å². The number of nitrogens with zero attached hydrogens (tertiary/aromatic N) is 2. The summed E-state index contributed by atoms with van der Waals surface area (Å²) in [6.07, 6.45) is 1.48. The van der Waals surface area contributed by atoms with Gasteiger partial charge in [0.1, 0.15) is 11.6 Å². The van der Waals surface area contributed by atoms with Gasteiger partial charge in [-0.25, -0.2) is 9.78 Å². The second-order valence-corrected chi connectivity index (χ2v) is 5.19. The third kappa shape index (κ3) is 3.56. The predicted octanol–water partition coefficient (Wildman–Crippen LogP) is 2.70. The molecule has 1 amide bonds. The zero-order valence-electron chi connectivity index (χ0n) is 11.5. The summed E-state index contributed by atoms with van der Waals surface area (Å²) in [5, 5.41) is 20.5. The molecule has 1 aromatic heterocycles. The Labute approximate surface area is 130 Å².